The van der Waals surface area contributed by atoms with Gasteiger partial charge in [-0.05, 0) is 49.7 Å². The number of likely N-dealkylation sites (tertiary alicyclic amines) is 1. The third kappa shape index (κ3) is 6.62. The Morgan fingerprint density at radius 3 is 2.78 bits per heavy atom. The number of aromatic nitrogens is 2. The van der Waals surface area contributed by atoms with Crippen LogP contribution in [0.5, 0.6) is 17.2 Å². The Morgan fingerprint density at radius 1 is 1.15 bits per heavy atom. The molecule has 2 N–H and O–H groups in total. The quantitative estimate of drug-likeness (QED) is 0.501. The Labute approximate surface area is 238 Å². The van der Waals surface area contributed by atoms with Crippen molar-refractivity contribution in [3.05, 3.63) is 71.0 Å². The van der Waals surface area contributed by atoms with Gasteiger partial charge >= 0.3 is 0 Å². The van der Waals surface area contributed by atoms with Crippen LogP contribution in [0.15, 0.2) is 48.7 Å². The molecule has 2 aromatic carbocycles. The Hall–Kier alpha value is -4.54. The van der Waals surface area contributed by atoms with Crippen LogP contribution in [-0.4, -0.2) is 71.4 Å². The van der Waals surface area contributed by atoms with Gasteiger partial charge in [-0.25, -0.2) is 0 Å². The van der Waals surface area contributed by atoms with E-state index in [-0.39, 0.29) is 37.0 Å². The van der Waals surface area contributed by atoms with Crippen molar-refractivity contribution in [2.24, 2.45) is 0 Å². The van der Waals surface area contributed by atoms with Gasteiger partial charge < -0.3 is 29.7 Å². The molecule has 1 saturated heterocycles. The van der Waals surface area contributed by atoms with Crippen molar-refractivity contribution < 1.29 is 28.6 Å². The van der Waals surface area contributed by atoms with Gasteiger partial charge in [0.15, 0.2) is 6.61 Å². The fraction of sp³-hybridized carbons (Fsp3) is 0.400. The van der Waals surface area contributed by atoms with Gasteiger partial charge in [0.25, 0.3) is 11.8 Å². The molecule has 6 rings (SSSR count). The Morgan fingerprint density at radius 2 is 2.00 bits per heavy atom. The number of amides is 3. The second kappa shape index (κ2) is 12.3. The molecule has 3 amide bonds. The maximum absolute atomic E-state index is 13.4. The van der Waals surface area contributed by atoms with E-state index in [0.717, 1.165) is 16.8 Å². The molecule has 3 aliphatic heterocycles. The van der Waals surface area contributed by atoms with E-state index in [1.54, 1.807) is 47.2 Å². The fourth-order valence-corrected chi connectivity index (χ4v) is 5.08. The molecule has 4 bridgehead atoms. The molecule has 0 radical (unpaired) electrons. The lowest BCUT2D eigenvalue weighted by Crippen LogP contribution is -2.58. The van der Waals surface area contributed by atoms with E-state index < -0.39 is 6.04 Å². The molecule has 0 aliphatic carbocycles. The smallest absolute Gasteiger partial charge is 0.258 e. The number of piperidine rings is 1. The zero-order valence-electron chi connectivity index (χ0n) is 23.5. The van der Waals surface area contributed by atoms with Gasteiger partial charge in [0, 0.05) is 68.1 Å². The van der Waals surface area contributed by atoms with Crippen molar-refractivity contribution in [2.75, 3.05) is 26.8 Å². The van der Waals surface area contributed by atoms with Crippen LogP contribution >= 0.6 is 0 Å². The van der Waals surface area contributed by atoms with Crippen molar-refractivity contribution in [3.8, 4) is 17.2 Å². The Bertz CT molecular complexity index is 1440. The number of hydrogen-bond donors (Lipinski definition) is 2. The summed E-state index contributed by atoms with van der Waals surface area (Å²) in [6.07, 6.45) is 2.16. The van der Waals surface area contributed by atoms with Gasteiger partial charge in [0.05, 0.1) is 13.2 Å². The van der Waals surface area contributed by atoms with Crippen molar-refractivity contribution in [1.82, 2.24) is 25.3 Å². The van der Waals surface area contributed by atoms with Crippen LogP contribution in [0.3, 0.4) is 0 Å². The van der Waals surface area contributed by atoms with Gasteiger partial charge in [-0.1, -0.05) is 6.07 Å². The molecule has 11 nitrogen and oxygen atoms in total. The van der Waals surface area contributed by atoms with E-state index in [1.807, 2.05) is 32.0 Å². The van der Waals surface area contributed by atoms with Gasteiger partial charge in [0.2, 0.25) is 5.91 Å². The van der Waals surface area contributed by atoms with E-state index in [1.165, 1.54) is 0 Å². The summed E-state index contributed by atoms with van der Waals surface area (Å²) in [5.41, 5.74) is 2.96. The number of rotatable bonds is 4. The number of fused-ring (bicyclic) bond motifs is 7. The first-order valence-electron chi connectivity index (χ1n) is 13.7. The number of nitrogens with zero attached hydrogens (tertiary/aromatic N) is 3. The minimum atomic E-state index is -0.470. The largest absolute Gasteiger partial charge is 0.496 e. The highest BCUT2D eigenvalue weighted by atomic mass is 16.5. The van der Waals surface area contributed by atoms with Gasteiger partial charge in [-0.3, -0.25) is 19.1 Å². The van der Waals surface area contributed by atoms with Crippen molar-refractivity contribution in [1.29, 1.82) is 0 Å². The summed E-state index contributed by atoms with van der Waals surface area (Å²) in [5.74, 6) is 0.949. The molecular weight excluding hydrogens is 526 g/mol. The summed E-state index contributed by atoms with van der Waals surface area (Å²) in [5, 5.41) is 10.2. The maximum Gasteiger partial charge on any atom is 0.258 e. The van der Waals surface area contributed by atoms with Gasteiger partial charge in [-0.2, -0.15) is 5.10 Å². The first-order valence-corrected chi connectivity index (χ1v) is 13.7. The average molecular weight is 562 g/mol. The highest BCUT2D eigenvalue weighted by Crippen LogP contribution is 2.28. The molecule has 3 aromatic rings. The number of benzene rings is 2. The zero-order chi connectivity index (χ0) is 28.9. The second-order valence-electron chi connectivity index (χ2n) is 10.3. The summed E-state index contributed by atoms with van der Waals surface area (Å²) < 4.78 is 19.5. The van der Waals surface area contributed by atoms with E-state index in [9.17, 15) is 14.4 Å². The highest BCUT2D eigenvalue weighted by molar-refractivity contribution is 5.95. The molecule has 0 unspecified atom stereocenters. The summed E-state index contributed by atoms with van der Waals surface area (Å²) in [6, 6.07) is 12.0. The molecular formula is C30H35N5O6. The summed E-state index contributed by atoms with van der Waals surface area (Å²) in [7, 11) is 1.56. The number of carbonyl (C=O) groups is 3. The van der Waals surface area contributed by atoms with Crippen molar-refractivity contribution in [3.63, 3.8) is 0 Å². The van der Waals surface area contributed by atoms with E-state index in [0.29, 0.717) is 55.3 Å². The number of nitrogens with one attached hydrogen (secondary N) is 2. The van der Waals surface area contributed by atoms with Gasteiger partial charge in [-0.15, -0.1) is 0 Å². The normalized spacial score (nSPS) is 19.2. The first-order chi connectivity index (χ1) is 19.8. The van der Waals surface area contributed by atoms with E-state index >= 15 is 0 Å². The fourth-order valence-electron chi connectivity index (χ4n) is 5.08. The Kier molecular flexibility index (Phi) is 8.42. The highest BCUT2D eigenvalue weighted by Gasteiger charge is 2.34. The van der Waals surface area contributed by atoms with Crippen LogP contribution in [0.25, 0.3) is 0 Å². The minimum Gasteiger partial charge on any atom is -0.496 e. The SMILES string of the molecule is COc1cc2ccc1CNC(=O)COc1cc(ccc1C)C(=O)N[C@H]1CN(C(=O)CCn3nccc3C)CC[C@H]1O2. The molecule has 1 fully saturated rings. The Balaban J connectivity index is 1.40. The predicted octanol–water partition coefficient (Wildman–Crippen LogP) is 2.39. The molecule has 0 saturated carbocycles. The third-order valence-corrected chi connectivity index (χ3v) is 7.52. The summed E-state index contributed by atoms with van der Waals surface area (Å²) in [4.78, 5) is 40.9. The van der Waals surface area contributed by atoms with Gasteiger partial charge in [0.1, 0.15) is 23.4 Å². The molecule has 2 atom stereocenters. The van der Waals surface area contributed by atoms with Crippen molar-refractivity contribution >= 4 is 17.7 Å². The number of carbonyl (C=O) groups excluding carboxylic acids is 3. The third-order valence-electron chi connectivity index (χ3n) is 7.52. The second-order valence-corrected chi connectivity index (χ2v) is 10.3. The summed E-state index contributed by atoms with van der Waals surface area (Å²) >= 11 is 0. The van der Waals surface area contributed by atoms with Crippen LogP contribution in [-0.2, 0) is 22.7 Å². The molecule has 216 valence electrons. The monoisotopic (exact) mass is 561 g/mol. The van der Waals surface area contributed by atoms with Crippen LogP contribution in [0.1, 0.15) is 40.0 Å². The average Bonchev–Trinajstić information content (AvgIpc) is 3.39. The first kappa shape index (κ1) is 28.0. The number of methoxy groups -OCH3 is 1. The van der Waals surface area contributed by atoms with Crippen molar-refractivity contribution in [2.45, 2.75) is 51.9 Å². The maximum atomic E-state index is 13.4. The summed E-state index contributed by atoms with van der Waals surface area (Å²) in [6.45, 7) is 5.15. The molecule has 3 aliphatic rings. The predicted molar refractivity (Wildman–Crippen MR) is 150 cm³/mol. The van der Waals surface area contributed by atoms with E-state index in [4.69, 9.17) is 14.2 Å². The molecule has 1 aromatic heterocycles. The number of aryl methyl sites for hydroxylation is 3. The zero-order valence-corrected chi connectivity index (χ0v) is 23.5. The molecule has 4 heterocycles. The van der Waals surface area contributed by atoms with Crippen LogP contribution in [0, 0.1) is 13.8 Å². The minimum absolute atomic E-state index is 0.00907. The topological polar surface area (TPSA) is 124 Å². The lowest BCUT2D eigenvalue weighted by atomic mass is 10.00. The van der Waals surface area contributed by atoms with E-state index in [2.05, 4.69) is 15.7 Å². The van der Waals surface area contributed by atoms with Crippen LogP contribution in [0.4, 0.5) is 0 Å². The van der Waals surface area contributed by atoms with Crippen LogP contribution < -0.4 is 24.8 Å². The lowest BCUT2D eigenvalue weighted by molar-refractivity contribution is -0.134. The van der Waals surface area contributed by atoms with Crippen LogP contribution in [0.2, 0.25) is 0 Å². The lowest BCUT2D eigenvalue weighted by Gasteiger charge is -2.39. The standard InChI is InChI=1S/C30H35N5O6/c1-19-4-5-21-14-26(19)40-18-28(36)31-16-22-6-7-23(15-27(22)39-3)41-25-9-12-34(17-24(25)33-30(21)38)29(37)10-13-35-20(2)8-11-32-35/h4-8,11,14-15,24-25H,9-10,12-13,16-18H2,1-3H3,(H,31,36)(H,33,38)/t24-,25+/m0/s1. The number of ether oxygens (including phenoxy) is 3. The molecule has 41 heavy (non-hydrogen) atoms. The number of hydrogen-bond acceptors (Lipinski definition) is 7. The molecule has 11 heteroatoms. The molecule has 0 spiro atoms.